The number of alkyl halides is 2. The lowest BCUT2D eigenvalue weighted by molar-refractivity contribution is 0.495. The van der Waals surface area contributed by atoms with E-state index in [0.29, 0.717) is 0 Å². The van der Waals surface area contributed by atoms with Gasteiger partial charge in [0.25, 0.3) is 0 Å². The first-order valence-corrected chi connectivity index (χ1v) is 5.00. The summed E-state index contributed by atoms with van der Waals surface area (Å²) in [4.78, 5) is 0. The molecule has 0 aromatic rings. The van der Waals surface area contributed by atoms with E-state index in [4.69, 9.17) is 23.2 Å². The molecule has 0 spiro atoms. The number of rotatable bonds is 6. The maximum Gasteiger partial charge on any atom is 0.0225 e. The zero-order chi connectivity index (χ0) is 7.82. The summed E-state index contributed by atoms with van der Waals surface area (Å²) in [6.07, 6.45) is 4.82. The van der Waals surface area contributed by atoms with Crippen molar-refractivity contribution in [3.63, 3.8) is 0 Å². The van der Waals surface area contributed by atoms with Crippen LogP contribution in [0.25, 0.3) is 0 Å². The van der Waals surface area contributed by atoms with Crippen LogP contribution in [0.3, 0.4) is 0 Å². The second-order valence-electron chi connectivity index (χ2n) is 2.77. The average molecular weight is 183 g/mol. The van der Waals surface area contributed by atoms with Crippen LogP contribution >= 0.6 is 23.2 Å². The van der Waals surface area contributed by atoms with Gasteiger partial charge in [0.1, 0.15) is 0 Å². The van der Waals surface area contributed by atoms with Crippen LogP contribution in [0.5, 0.6) is 0 Å². The Morgan fingerprint density at radius 3 is 2.20 bits per heavy atom. The molecule has 0 fully saturated rings. The monoisotopic (exact) mass is 182 g/mol. The quantitative estimate of drug-likeness (QED) is 0.435. The Kier molecular flexibility index (Phi) is 8.13. The van der Waals surface area contributed by atoms with Crippen molar-refractivity contribution in [1.29, 1.82) is 0 Å². The molecule has 0 nitrogen and oxygen atoms in total. The predicted octanol–water partition coefficient (Wildman–Crippen LogP) is 3.66. The van der Waals surface area contributed by atoms with Crippen molar-refractivity contribution in [2.24, 2.45) is 5.92 Å². The summed E-state index contributed by atoms with van der Waals surface area (Å²) in [6, 6.07) is 0. The van der Waals surface area contributed by atoms with Gasteiger partial charge in [-0.1, -0.05) is 19.8 Å². The minimum Gasteiger partial charge on any atom is -0.127 e. The van der Waals surface area contributed by atoms with Gasteiger partial charge < -0.3 is 0 Å². The molecule has 62 valence electrons. The van der Waals surface area contributed by atoms with Crippen LogP contribution in [0.2, 0.25) is 0 Å². The van der Waals surface area contributed by atoms with Crippen LogP contribution < -0.4 is 0 Å². The normalized spacial score (nSPS) is 13.5. The van der Waals surface area contributed by atoms with Gasteiger partial charge in [-0.2, -0.15) is 0 Å². The summed E-state index contributed by atoms with van der Waals surface area (Å²) in [6.45, 7) is 2.25. The molecule has 0 saturated heterocycles. The molecule has 0 N–H and O–H groups in total. The third kappa shape index (κ3) is 6.70. The second-order valence-corrected chi connectivity index (χ2v) is 3.52. The molecule has 0 aliphatic rings. The standard InChI is InChI=1S/C8H16Cl2/c1-8(5-7-10)4-2-3-6-9/h8H,2-7H2,1H3. The molecule has 0 rings (SSSR count). The van der Waals surface area contributed by atoms with Gasteiger partial charge in [0.05, 0.1) is 0 Å². The predicted molar refractivity (Wildman–Crippen MR) is 49.1 cm³/mol. The van der Waals surface area contributed by atoms with Crippen LogP contribution in [0.15, 0.2) is 0 Å². The van der Waals surface area contributed by atoms with Gasteiger partial charge in [-0.05, 0) is 18.8 Å². The fourth-order valence-electron chi connectivity index (χ4n) is 0.918. The van der Waals surface area contributed by atoms with E-state index in [1.807, 2.05) is 0 Å². The molecule has 0 radical (unpaired) electrons. The van der Waals surface area contributed by atoms with Crippen LogP contribution in [0.4, 0.5) is 0 Å². The van der Waals surface area contributed by atoms with Gasteiger partial charge in [-0.15, -0.1) is 23.2 Å². The van der Waals surface area contributed by atoms with Gasteiger partial charge in [0.15, 0.2) is 0 Å². The first-order valence-electron chi connectivity index (χ1n) is 3.93. The molecule has 0 aromatic carbocycles. The van der Waals surface area contributed by atoms with E-state index in [2.05, 4.69) is 6.92 Å². The Bertz CT molecular complexity index is 64.3. The van der Waals surface area contributed by atoms with E-state index in [0.717, 1.165) is 30.5 Å². The SMILES string of the molecule is CC(CCCl)CCCCCl. The van der Waals surface area contributed by atoms with E-state index in [-0.39, 0.29) is 0 Å². The molecular formula is C8H16Cl2. The Morgan fingerprint density at radius 2 is 1.70 bits per heavy atom. The molecule has 2 heteroatoms. The van der Waals surface area contributed by atoms with E-state index in [1.165, 1.54) is 12.8 Å². The van der Waals surface area contributed by atoms with Gasteiger partial charge >= 0.3 is 0 Å². The third-order valence-corrected chi connectivity index (χ3v) is 2.17. The van der Waals surface area contributed by atoms with Crippen molar-refractivity contribution < 1.29 is 0 Å². The molecule has 0 heterocycles. The third-order valence-electron chi connectivity index (χ3n) is 1.68. The van der Waals surface area contributed by atoms with E-state index < -0.39 is 0 Å². The molecule has 0 aliphatic heterocycles. The van der Waals surface area contributed by atoms with Crippen molar-refractivity contribution >= 4 is 23.2 Å². The second kappa shape index (κ2) is 7.68. The van der Waals surface area contributed by atoms with Crippen molar-refractivity contribution in [1.82, 2.24) is 0 Å². The highest BCUT2D eigenvalue weighted by atomic mass is 35.5. The molecule has 0 bridgehead atoms. The first kappa shape index (κ1) is 10.6. The zero-order valence-electron chi connectivity index (χ0n) is 6.58. The lowest BCUT2D eigenvalue weighted by Crippen LogP contribution is -1.95. The maximum atomic E-state index is 5.58. The fraction of sp³-hybridized carbons (Fsp3) is 1.00. The average Bonchev–Trinajstić information content (AvgIpc) is 1.89. The Morgan fingerprint density at radius 1 is 1.00 bits per heavy atom. The number of unbranched alkanes of at least 4 members (excludes halogenated alkanes) is 1. The van der Waals surface area contributed by atoms with E-state index in [9.17, 15) is 0 Å². The number of halogens is 2. The lowest BCUT2D eigenvalue weighted by Gasteiger charge is -2.06. The molecule has 0 amide bonds. The van der Waals surface area contributed by atoms with Gasteiger partial charge in [-0.25, -0.2) is 0 Å². The highest BCUT2D eigenvalue weighted by molar-refractivity contribution is 6.18. The Hall–Kier alpha value is 0.580. The summed E-state index contributed by atoms with van der Waals surface area (Å²) in [7, 11) is 0. The fourth-order valence-corrected chi connectivity index (χ4v) is 1.48. The van der Waals surface area contributed by atoms with Crippen molar-refractivity contribution in [3.05, 3.63) is 0 Å². The summed E-state index contributed by atoms with van der Waals surface area (Å²) in [5.41, 5.74) is 0. The van der Waals surface area contributed by atoms with Crippen molar-refractivity contribution in [2.75, 3.05) is 11.8 Å². The Labute approximate surface area is 73.9 Å². The summed E-state index contributed by atoms with van der Waals surface area (Å²) in [5, 5.41) is 0. The largest absolute Gasteiger partial charge is 0.127 e. The summed E-state index contributed by atoms with van der Waals surface area (Å²) >= 11 is 11.1. The molecule has 0 aromatic heterocycles. The smallest absolute Gasteiger partial charge is 0.0225 e. The lowest BCUT2D eigenvalue weighted by atomic mass is 10.0. The van der Waals surface area contributed by atoms with Crippen LogP contribution in [-0.2, 0) is 0 Å². The van der Waals surface area contributed by atoms with Crippen LogP contribution in [0.1, 0.15) is 32.6 Å². The van der Waals surface area contributed by atoms with Crippen LogP contribution in [0, 0.1) is 5.92 Å². The minimum atomic E-state index is 0.778. The first-order chi connectivity index (χ1) is 4.81. The highest BCUT2D eigenvalue weighted by Gasteiger charge is 1.99. The molecule has 1 unspecified atom stereocenters. The van der Waals surface area contributed by atoms with Crippen LogP contribution in [-0.4, -0.2) is 11.8 Å². The zero-order valence-corrected chi connectivity index (χ0v) is 8.09. The molecule has 0 saturated carbocycles. The number of hydrogen-bond acceptors (Lipinski definition) is 0. The molecule has 1 atom stereocenters. The topological polar surface area (TPSA) is 0 Å². The molecule has 10 heavy (non-hydrogen) atoms. The molecule has 0 aliphatic carbocycles. The van der Waals surface area contributed by atoms with Gasteiger partial charge in [0.2, 0.25) is 0 Å². The summed E-state index contributed by atoms with van der Waals surface area (Å²) in [5.74, 6) is 2.37. The Balaban J connectivity index is 2.97. The highest BCUT2D eigenvalue weighted by Crippen LogP contribution is 2.12. The van der Waals surface area contributed by atoms with E-state index in [1.54, 1.807) is 0 Å². The number of hydrogen-bond donors (Lipinski definition) is 0. The van der Waals surface area contributed by atoms with Crippen molar-refractivity contribution in [2.45, 2.75) is 32.6 Å². The van der Waals surface area contributed by atoms with E-state index >= 15 is 0 Å². The summed E-state index contributed by atoms with van der Waals surface area (Å²) < 4.78 is 0. The van der Waals surface area contributed by atoms with Gasteiger partial charge in [-0.3, -0.25) is 0 Å². The van der Waals surface area contributed by atoms with Gasteiger partial charge in [0, 0.05) is 11.8 Å². The maximum absolute atomic E-state index is 5.58. The minimum absolute atomic E-state index is 0.778. The molecular weight excluding hydrogens is 167 g/mol. The van der Waals surface area contributed by atoms with Crippen molar-refractivity contribution in [3.8, 4) is 0 Å².